The van der Waals surface area contributed by atoms with Crippen LogP contribution >= 0.6 is 0 Å². The second kappa shape index (κ2) is 4.66. The van der Waals surface area contributed by atoms with Crippen LogP contribution in [0.25, 0.3) is 0 Å². The van der Waals surface area contributed by atoms with Gasteiger partial charge >= 0.3 is 0 Å². The highest BCUT2D eigenvalue weighted by Gasteiger charge is 2.11. The molecule has 0 bridgehead atoms. The summed E-state index contributed by atoms with van der Waals surface area (Å²) in [5.41, 5.74) is 12.4. The number of rotatable bonds is 3. The molecule has 1 heterocycles. The summed E-state index contributed by atoms with van der Waals surface area (Å²) < 4.78 is 0. The number of aromatic amines is 1. The van der Waals surface area contributed by atoms with Gasteiger partial charge in [0.15, 0.2) is 5.82 Å². The first-order valence-corrected chi connectivity index (χ1v) is 5.20. The quantitative estimate of drug-likeness (QED) is 0.713. The van der Waals surface area contributed by atoms with Gasteiger partial charge in [-0.05, 0) is 19.1 Å². The Balaban J connectivity index is 2.21. The monoisotopic (exact) mass is 244 g/mol. The molecule has 1 aromatic carbocycles. The summed E-state index contributed by atoms with van der Waals surface area (Å²) >= 11 is 0. The third-order valence-corrected chi connectivity index (χ3v) is 2.26. The normalized spacial score (nSPS) is 10.9. The van der Waals surface area contributed by atoms with Crippen molar-refractivity contribution < 1.29 is 4.79 Å². The zero-order chi connectivity index (χ0) is 13.1. The molecule has 7 heteroatoms. The molecular formula is C11H12N6O. The highest BCUT2D eigenvalue weighted by molar-refractivity contribution is 5.95. The van der Waals surface area contributed by atoms with E-state index in [1.165, 1.54) is 0 Å². The molecule has 0 fully saturated rings. The lowest BCUT2D eigenvalue weighted by Gasteiger charge is -1.92. The van der Waals surface area contributed by atoms with Crippen LogP contribution in [0.15, 0.2) is 34.5 Å². The lowest BCUT2D eigenvalue weighted by atomic mass is 10.2. The van der Waals surface area contributed by atoms with Gasteiger partial charge in [0, 0.05) is 0 Å². The van der Waals surface area contributed by atoms with Gasteiger partial charge in [-0.25, -0.2) is 0 Å². The van der Waals surface area contributed by atoms with E-state index >= 15 is 0 Å². The van der Waals surface area contributed by atoms with Gasteiger partial charge in [-0.1, -0.05) is 17.7 Å². The molecule has 2 aromatic rings. The molecule has 1 aromatic heterocycles. The maximum Gasteiger partial charge on any atom is 0.269 e. The fourth-order valence-electron chi connectivity index (χ4n) is 1.33. The van der Waals surface area contributed by atoms with E-state index < -0.39 is 5.91 Å². The maximum absolute atomic E-state index is 10.9. The number of hydrogen-bond donors (Lipinski definition) is 3. The summed E-state index contributed by atoms with van der Waals surface area (Å²) in [6.07, 6.45) is 0. The molecule has 0 spiro atoms. The Morgan fingerprint density at radius 2 is 1.94 bits per heavy atom. The molecule has 0 saturated carbocycles. The maximum atomic E-state index is 10.9. The molecule has 7 nitrogen and oxygen atoms in total. The van der Waals surface area contributed by atoms with Crippen LogP contribution in [0.2, 0.25) is 0 Å². The van der Waals surface area contributed by atoms with E-state index in [-0.39, 0.29) is 17.5 Å². The number of amides is 1. The number of nitrogen functional groups attached to an aromatic ring is 1. The number of benzene rings is 1. The first kappa shape index (κ1) is 11.8. The Labute approximate surface area is 103 Å². The molecule has 0 aliphatic heterocycles. The van der Waals surface area contributed by atoms with Crippen LogP contribution in [0.1, 0.15) is 16.1 Å². The van der Waals surface area contributed by atoms with E-state index in [1.54, 1.807) is 0 Å². The lowest BCUT2D eigenvalue weighted by molar-refractivity contribution is 0.0997. The average Bonchev–Trinajstić information content (AvgIpc) is 2.70. The largest absolute Gasteiger partial charge is 0.382 e. The van der Waals surface area contributed by atoms with Gasteiger partial charge in [0.25, 0.3) is 5.91 Å². The van der Waals surface area contributed by atoms with E-state index in [1.807, 2.05) is 31.2 Å². The van der Waals surface area contributed by atoms with Crippen LogP contribution in [0.4, 0.5) is 17.5 Å². The zero-order valence-corrected chi connectivity index (χ0v) is 9.71. The number of aromatic nitrogens is 2. The van der Waals surface area contributed by atoms with Crippen LogP contribution in [0.3, 0.4) is 0 Å². The predicted molar refractivity (Wildman–Crippen MR) is 66.9 cm³/mol. The van der Waals surface area contributed by atoms with Crippen molar-refractivity contribution in [3.8, 4) is 0 Å². The third kappa shape index (κ3) is 2.51. The zero-order valence-electron chi connectivity index (χ0n) is 9.71. The molecule has 0 unspecified atom stereocenters. The Hall–Kier alpha value is -2.70. The molecular weight excluding hydrogens is 232 g/mol. The van der Waals surface area contributed by atoms with Crippen LogP contribution in [0.5, 0.6) is 0 Å². The van der Waals surface area contributed by atoms with Crippen molar-refractivity contribution in [3.05, 3.63) is 35.5 Å². The van der Waals surface area contributed by atoms with Gasteiger partial charge < -0.3 is 16.5 Å². The summed E-state index contributed by atoms with van der Waals surface area (Å²) in [4.78, 5) is 17.4. The summed E-state index contributed by atoms with van der Waals surface area (Å²) in [6, 6.07) is 7.47. The molecule has 0 saturated heterocycles. The Kier molecular flexibility index (Phi) is 3.05. The second-order valence-electron chi connectivity index (χ2n) is 3.72. The van der Waals surface area contributed by atoms with Gasteiger partial charge in [-0.3, -0.25) is 4.79 Å². The minimum atomic E-state index is -0.684. The van der Waals surface area contributed by atoms with Crippen molar-refractivity contribution in [1.29, 1.82) is 0 Å². The van der Waals surface area contributed by atoms with Crippen LogP contribution in [0, 0.1) is 6.92 Å². The summed E-state index contributed by atoms with van der Waals surface area (Å²) in [5.74, 6) is -0.529. The number of carbonyl (C=O) groups is 1. The van der Waals surface area contributed by atoms with Crippen LogP contribution < -0.4 is 11.5 Å². The average molecular weight is 244 g/mol. The van der Waals surface area contributed by atoms with E-state index in [0.29, 0.717) is 5.69 Å². The molecule has 18 heavy (non-hydrogen) atoms. The molecule has 0 aliphatic rings. The van der Waals surface area contributed by atoms with Gasteiger partial charge in [0.2, 0.25) is 5.95 Å². The predicted octanol–water partition coefficient (Wildman–Crippen LogP) is 1.81. The number of aryl methyl sites for hydroxylation is 1. The highest BCUT2D eigenvalue weighted by Crippen LogP contribution is 2.18. The van der Waals surface area contributed by atoms with Gasteiger partial charge in [-0.2, -0.15) is 4.98 Å². The number of H-pyrrole nitrogens is 1. The molecule has 2 rings (SSSR count). The summed E-state index contributed by atoms with van der Waals surface area (Å²) in [6.45, 7) is 1.98. The number of primary amides is 1. The lowest BCUT2D eigenvalue weighted by Crippen LogP contribution is -2.13. The molecule has 0 radical (unpaired) electrons. The van der Waals surface area contributed by atoms with Crippen molar-refractivity contribution in [1.82, 2.24) is 9.97 Å². The van der Waals surface area contributed by atoms with Gasteiger partial charge in [0.05, 0.1) is 5.69 Å². The first-order valence-electron chi connectivity index (χ1n) is 5.20. The number of imidazole rings is 1. The first-order chi connectivity index (χ1) is 8.56. The number of nitrogens with one attached hydrogen (secondary N) is 1. The fourth-order valence-corrected chi connectivity index (χ4v) is 1.33. The number of hydrogen-bond acceptors (Lipinski definition) is 5. The van der Waals surface area contributed by atoms with Gasteiger partial charge in [0.1, 0.15) is 5.69 Å². The van der Waals surface area contributed by atoms with Crippen molar-refractivity contribution >= 4 is 23.4 Å². The Morgan fingerprint density at radius 3 is 2.50 bits per heavy atom. The van der Waals surface area contributed by atoms with Gasteiger partial charge in [-0.15, -0.1) is 10.2 Å². The van der Waals surface area contributed by atoms with Crippen molar-refractivity contribution in [2.24, 2.45) is 16.0 Å². The fraction of sp³-hybridized carbons (Fsp3) is 0.0909. The summed E-state index contributed by atoms with van der Waals surface area (Å²) in [5, 5.41) is 7.80. The third-order valence-electron chi connectivity index (χ3n) is 2.26. The Bertz CT molecular complexity index is 598. The van der Waals surface area contributed by atoms with E-state index in [2.05, 4.69) is 20.2 Å². The molecule has 1 amide bonds. The van der Waals surface area contributed by atoms with Crippen LogP contribution in [-0.4, -0.2) is 15.9 Å². The molecule has 5 N–H and O–H groups in total. The molecule has 0 aliphatic carbocycles. The van der Waals surface area contributed by atoms with Crippen molar-refractivity contribution in [2.45, 2.75) is 6.92 Å². The summed E-state index contributed by atoms with van der Waals surface area (Å²) in [7, 11) is 0. The second-order valence-corrected chi connectivity index (χ2v) is 3.72. The molecule has 92 valence electrons. The topological polar surface area (TPSA) is 123 Å². The SMILES string of the molecule is Cc1ccc(N=Nc2nc(N)c(C(N)=O)[nH]2)cc1. The smallest absolute Gasteiger partial charge is 0.269 e. The van der Waals surface area contributed by atoms with Crippen molar-refractivity contribution in [2.75, 3.05) is 5.73 Å². The number of azo groups is 1. The van der Waals surface area contributed by atoms with Crippen LogP contribution in [-0.2, 0) is 0 Å². The standard InChI is InChI=1S/C11H12N6O/c1-6-2-4-7(5-3-6)16-17-11-14-8(10(13)18)9(12)15-11/h2-5H,12H2,1H3,(H2,13,18)(H,14,15). The van der Waals surface area contributed by atoms with E-state index in [4.69, 9.17) is 11.5 Å². The van der Waals surface area contributed by atoms with Crippen molar-refractivity contribution in [3.63, 3.8) is 0 Å². The number of nitrogens with zero attached hydrogens (tertiary/aromatic N) is 3. The number of carbonyl (C=O) groups excluding carboxylic acids is 1. The minimum Gasteiger partial charge on any atom is -0.382 e. The number of nitrogens with two attached hydrogens (primary N) is 2. The highest BCUT2D eigenvalue weighted by atomic mass is 16.1. The minimum absolute atomic E-state index is 0.0142. The van der Waals surface area contributed by atoms with E-state index in [0.717, 1.165) is 5.56 Å². The Morgan fingerprint density at radius 1 is 1.28 bits per heavy atom. The van der Waals surface area contributed by atoms with E-state index in [9.17, 15) is 4.79 Å². The molecule has 0 atom stereocenters. The number of anilines is 1.